The van der Waals surface area contributed by atoms with Crippen LogP contribution in [0.5, 0.6) is 0 Å². The highest BCUT2D eigenvalue weighted by molar-refractivity contribution is 7.89. The van der Waals surface area contributed by atoms with Gasteiger partial charge in [-0.3, -0.25) is 9.59 Å². The molecule has 7 nitrogen and oxygen atoms in total. The number of aromatic amines is 1. The van der Waals surface area contributed by atoms with Crippen molar-refractivity contribution in [2.45, 2.75) is 31.2 Å². The van der Waals surface area contributed by atoms with E-state index in [-0.39, 0.29) is 10.5 Å². The first kappa shape index (κ1) is 20.3. The minimum absolute atomic E-state index is 0.122. The van der Waals surface area contributed by atoms with Crippen LogP contribution in [0.2, 0.25) is 0 Å². The van der Waals surface area contributed by atoms with Crippen LogP contribution < -0.4 is 10.9 Å². The van der Waals surface area contributed by atoms with Crippen LogP contribution in [0.3, 0.4) is 0 Å². The van der Waals surface area contributed by atoms with E-state index >= 15 is 0 Å². The predicted molar refractivity (Wildman–Crippen MR) is 115 cm³/mol. The number of hydrogen-bond acceptors (Lipinski definition) is 4. The summed E-state index contributed by atoms with van der Waals surface area (Å²) in [4.78, 5) is 27.7. The Balaban J connectivity index is 1.68. The maximum Gasteiger partial charge on any atom is 0.252 e. The molecule has 156 valence electrons. The highest BCUT2D eigenvalue weighted by Gasteiger charge is 2.27. The van der Waals surface area contributed by atoms with Crippen molar-refractivity contribution in [1.29, 1.82) is 0 Å². The number of carbonyl (C=O) groups is 1. The van der Waals surface area contributed by atoms with E-state index in [9.17, 15) is 18.0 Å². The quantitative estimate of drug-likeness (QED) is 0.656. The SMILES string of the molecule is Cc1ccc(CNC(=O)c2cc(=O)[nH]c3ccc(S(=O)(=O)N4CCCC4)cc23)cc1. The van der Waals surface area contributed by atoms with Gasteiger partial charge in [0.2, 0.25) is 15.6 Å². The molecule has 30 heavy (non-hydrogen) atoms. The van der Waals surface area contributed by atoms with Gasteiger partial charge in [-0.1, -0.05) is 29.8 Å². The van der Waals surface area contributed by atoms with Crippen LogP contribution >= 0.6 is 0 Å². The van der Waals surface area contributed by atoms with Gasteiger partial charge >= 0.3 is 0 Å². The number of sulfonamides is 1. The zero-order valence-corrected chi connectivity index (χ0v) is 17.5. The highest BCUT2D eigenvalue weighted by Crippen LogP contribution is 2.25. The molecule has 0 aliphatic carbocycles. The minimum Gasteiger partial charge on any atom is -0.348 e. The summed E-state index contributed by atoms with van der Waals surface area (Å²) in [5.74, 6) is -0.428. The Morgan fingerprint density at radius 2 is 1.77 bits per heavy atom. The molecule has 8 heteroatoms. The number of aromatic nitrogens is 1. The fourth-order valence-corrected chi connectivity index (χ4v) is 5.19. The number of carbonyl (C=O) groups excluding carboxylic acids is 1. The summed E-state index contributed by atoms with van der Waals surface area (Å²) >= 11 is 0. The number of benzene rings is 2. The Morgan fingerprint density at radius 3 is 2.47 bits per heavy atom. The molecule has 1 amide bonds. The van der Waals surface area contributed by atoms with Gasteiger partial charge in [0.15, 0.2) is 0 Å². The second kappa shape index (κ2) is 8.04. The molecule has 0 unspecified atom stereocenters. The molecule has 1 aliphatic heterocycles. The molecule has 3 aromatic rings. The van der Waals surface area contributed by atoms with Gasteiger partial charge in [-0.05, 0) is 43.5 Å². The number of fused-ring (bicyclic) bond motifs is 1. The fraction of sp³-hybridized carbons (Fsp3) is 0.273. The summed E-state index contributed by atoms with van der Waals surface area (Å²) in [6, 6.07) is 13.5. The zero-order valence-electron chi connectivity index (χ0n) is 16.6. The molecule has 0 atom stereocenters. The Bertz CT molecular complexity index is 1260. The van der Waals surface area contributed by atoms with E-state index in [2.05, 4.69) is 10.3 Å². The number of amides is 1. The van der Waals surface area contributed by atoms with Gasteiger partial charge in [0, 0.05) is 36.6 Å². The van der Waals surface area contributed by atoms with Crippen molar-refractivity contribution in [1.82, 2.24) is 14.6 Å². The summed E-state index contributed by atoms with van der Waals surface area (Å²) < 4.78 is 27.3. The van der Waals surface area contributed by atoms with Crippen LogP contribution in [-0.2, 0) is 16.6 Å². The zero-order chi connectivity index (χ0) is 21.3. The van der Waals surface area contributed by atoms with Crippen molar-refractivity contribution < 1.29 is 13.2 Å². The third kappa shape index (κ3) is 4.01. The molecule has 2 N–H and O–H groups in total. The largest absolute Gasteiger partial charge is 0.348 e. The van der Waals surface area contributed by atoms with Gasteiger partial charge in [0.05, 0.1) is 10.5 Å². The number of H-pyrrole nitrogens is 1. The van der Waals surface area contributed by atoms with Crippen molar-refractivity contribution in [3.63, 3.8) is 0 Å². The molecule has 2 heterocycles. The standard InChI is InChI=1S/C22H23N3O4S/c1-15-4-6-16(7-5-15)14-23-22(27)19-13-21(26)24-20-9-8-17(12-18(19)20)30(28,29)25-10-2-3-11-25/h4-9,12-13H,2-3,10-11,14H2,1H3,(H,23,27)(H,24,26). The van der Waals surface area contributed by atoms with E-state index < -0.39 is 21.5 Å². The number of pyridine rings is 1. The highest BCUT2D eigenvalue weighted by atomic mass is 32.2. The number of rotatable bonds is 5. The molecule has 1 fully saturated rings. The molecule has 0 bridgehead atoms. The van der Waals surface area contributed by atoms with Crippen LogP contribution in [0.1, 0.15) is 34.3 Å². The molecule has 4 rings (SSSR count). The first-order valence-corrected chi connectivity index (χ1v) is 11.3. The topological polar surface area (TPSA) is 99.3 Å². The molecule has 0 spiro atoms. The van der Waals surface area contributed by atoms with E-state index in [0.29, 0.717) is 30.5 Å². The average molecular weight is 426 g/mol. The monoisotopic (exact) mass is 425 g/mol. The van der Waals surface area contributed by atoms with E-state index in [1.165, 1.54) is 28.6 Å². The lowest BCUT2D eigenvalue weighted by molar-refractivity contribution is 0.0952. The number of nitrogens with one attached hydrogen (secondary N) is 2. The number of hydrogen-bond donors (Lipinski definition) is 2. The molecular weight excluding hydrogens is 402 g/mol. The maximum absolute atomic E-state index is 12.9. The summed E-state index contributed by atoms with van der Waals surface area (Å²) in [6.45, 7) is 3.28. The lowest BCUT2D eigenvalue weighted by Gasteiger charge is -2.16. The lowest BCUT2D eigenvalue weighted by atomic mass is 10.1. The van der Waals surface area contributed by atoms with E-state index in [1.54, 1.807) is 0 Å². The summed E-state index contributed by atoms with van der Waals surface area (Å²) in [7, 11) is -3.63. The Morgan fingerprint density at radius 1 is 1.07 bits per heavy atom. The van der Waals surface area contributed by atoms with Gasteiger partial charge in [-0.25, -0.2) is 8.42 Å². The van der Waals surface area contributed by atoms with E-state index in [0.717, 1.165) is 24.0 Å². The Hall–Kier alpha value is -2.97. The maximum atomic E-state index is 12.9. The number of nitrogens with zero attached hydrogens (tertiary/aromatic N) is 1. The van der Waals surface area contributed by atoms with Crippen molar-refractivity contribution in [2.24, 2.45) is 0 Å². The average Bonchev–Trinajstić information content (AvgIpc) is 3.28. The third-order valence-corrected chi connectivity index (χ3v) is 7.23. The van der Waals surface area contributed by atoms with Crippen molar-refractivity contribution in [2.75, 3.05) is 13.1 Å². The normalized spacial score (nSPS) is 14.8. The summed E-state index contributed by atoms with van der Waals surface area (Å²) in [5.41, 5.74) is 2.21. The van der Waals surface area contributed by atoms with E-state index in [4.69, 9.17) is 0 Å². The van der Waals surface area contributed by atoms with Gasteiger partial charge in [-0.15, -0.1) is 0 Å². The van der Waals surface area contributed by atoms with Crippen LogP contribution in [0.15, 0.2) is 58.2 Å². The molecular formula is C22H23N3O4S. The molecule has 2 aromatic carbocycles. The fourth-order valence-electron chi connectivity index (χ4n) is 3.64. The van der Waals surface area contributed by atoms with E-state index in [1.807, 2.05) is 31.2 Å². The van der Waals surface area contributed by atoms with Gasteiger partial charge < -0.3 is 10.3 Å². The smallest absolute Gasteiger partial charge is 0.252 e. The third-order valence-electron chi connectivity index (χ3n) is 5.34. The molecule has 0 radical (unpaired) electrons. The minimum atomic E-state index is -3.63. The van der Waals surface area contributed by atoms with Crippen LogP contribution in [0, 0.1) is 6.92 Å². The van der Waals surface area contributed by atoms with Crippen LogP contribution in [-0.4, -0.2) is 36.7 Å². The second-order valence-corrected chi connectivity index (χ2v) is 9.47. The second-order valence-electron chi connectivity index (χ2n) is 7.53. The van der Waals surface area contributed by atoms with Crippen molar-refractivity contribution in [3.8, 4) is 0 Å². The Kier molecular flexibility index (Phi) is 5.44. The van der Waals surface area contributed by atoms with Gasteiger partial charge in [0.25, 0.3) is 5.91 Å². The van der Waals surface area contributed by atoms with Gasteiger partial charge in [-0.2, -0.15) is 4.31 Å². The molecule has 1 aliphatic rings. The Labute approximate surface area is 174 Å². The predicted octanol–water partition coefficient (Wildman–Crippen LogP) is 2.55. The summed E-state index contributed by atoms with van der Waals surface area (Å²) in [5, 5.41) is 3.22. The first-order chi connectivity index (χ1) is 14.3. The molecule has 1 aromatic heterocycles. The van der Waals surface area contributed by atoms with Gasteiger partial charge in [0.1, 0.15) is 0 Å². The number of aryl methyl sites for hydroxylation is 1. The van der Waals surface area contributed by atoms with Crippen molar-refractivity contribution >= 4 is 26.8 Å². The first-order valence-electron chi connectivity index (χ1n) is 9.85. The molecule has 1 saturated heterocycles. The van der Waals surface area contributed by atoms with Crippen LogP contribution in [0.4, 0.5) is 0 Å². The molecule has 0 saturated carbocycles. The summed E-state index contributed by atoms with van der Waals surface area (Å²) in [6.07, 6.45) is 1.68. The lowest BCUT2D eigenvalue weighted by Crippen LogP contribution is -2.28. The van der Waals surface area contributed by atoms with Crippen LogP contribution in [0.25, 0.3) is 10.9 Å². The van der Waals surface area contributed by atoms with Crippen molar-refractivity contribution in [3.05, 3.63) is 75.6 Å².